The SMILES string of the molecule is CCC1C(=O)NC(=O)CC1c1cncn1C(C)C. The van der Waals surface area contributed by atoms with Crippen LogP contribution in [0.4, 0.5) is 0 Å². The summed E-state index contributed by atoms with van der Waals surface area (Å²) in [4.78, 5) is 27.6. The summed E-state index contributed by atoms with van der Waals surface area (Å²) in [6.45, 7) is 6.11. The molecule has 1 saturated heterocycles. The van der Waals surface area contributed by atoms with Crippen molar-refractivity contribution in [2.24, 2.45) is 5.92 Å². The van der Waals surface area contributed by atoms with Crippen molar-refractivity contribution in [3.63, 3.8) is 0 Å². The number of imide groups is 1. The second-order valence-electron chi connectivity index (χ2n) is 5.06. The number of hydrogen-bond donors (Lipinski definition) is 1. The van der Waals surface area contributed by atoms with Crippen molar-refractivity contribution in [2.75, 3.05) is 0 Å². The Labute approximate surface area is 107 Å². The Balaban J connectivity index is 2.37. The number of amides is 2. The molecule has 5 heteroatoms. The summed E-state index contributed by atoms with van der Waals surface area (Å²) in [7, 11) is 0. The molecule has 98 valence electrons. The van der Waals surface area contributed by atoms with Crippen molar-refractivity contribution >= 4 is 11.8 Å². The van der Waals surface area contributed by atoms with Gasteiger partial charge in [-0.05, 0) is 20.3 Å². The van der Waals surface area contributed by atoms with Crippen molar-refractivity contribution in [3.05, 3.63) is 18.2 Å². The second kappa shape index (κ2) is 4.92. The Morgan fingerprint density at radius 3 is 2.83 bits per heavy atom. The number of imidazole rings is 1. The molecule has 0 aliphatic carbocycles. The topological polar surface area (TPSA) is 64.0 Å². The van der Waals surface area contributed by atoms with Crippen LogP contribution in [0.25, 0.3) is 0 Å². The number of nitrogens with one attached hydrogen (secondary N) is 1. The first-order valence-electron chi connectivity index (χ1n) is 6.40. The van der Waals surface area contributed by atoms with Crippen molar-refractivity contribution in [1.82, 2.24) is 14.9 Å². The molecular weight excluding hydrogens is 230 g/mol. The monoisotopic (exact) mass is 249 g/mol. The molecule has 1 fully saturated rings. The van der Waals surface area contributed by atoms with Gasteiger partial charge in [-0.2, -0.15) is 0 Å². The Kier molecular flexibility index (Phi) is 3.50. The summed E-state index contributed by atoms with van der Waals surface area (Å²) >= 11 is 0. The zero-order valence-corrected chi connectivity index (χ0v) is 11.0. The lowest BCUT2D eigenvalue weighted by atomic mass is 9.81. The molecule has 2 atom stereocenters. The summed E-state index contributed by atoms with van der Waals surface area (Å²) in [5.74, 6) is -0.542. The van der Waals surface area contributed by atoms with E-state index in [0.717, 1.165) is 12.1 Å². The van der Waals surface area contributed by atoms with Gasteiger partial charge in [0.1, 0.15) is 0 Å². The summed E-state index contributed by atoms with van der Waals surface area (Å²) in [5.41, 5.74) is 0.986. The average molecular weight is 249 g/mol. The van der Waals surface area contributed by atoms with Crippen molar-refractivity contribution in [2.45, 2.75) is 45.6 Å². The van der Waals surface area contributed by atoms with Crippen molar-refractivity contribution in [3.8, 4) is 0 Å². The van der Waals surface area contributed by atoms with E-state index in [0.29, 0.717) is 6.42 Å². The average Bonchev–Trinajstić information content (AvgIpc) is 2.76. The first kappa shape index (κ1) is 12.8. The van der Waals surface area contributed by atoms with Gasteiger partial charge in [-0.25, -0.2) is 4.98 Å². The summed E-state index contributed by atoms with van der Waals surface area (Å²) in [5, 5.41) is 2.41. The molecule has 0 radical (unpaired) electrons. The van der Waals surface area contributed by atoms with Crippen LogP contribution in [0.2, 0.25) is 0 Å². The molecule has 1 aliphatic rings. The van der Waals surface area contributed by atoms with Gasteiger partial charge >= 0.3 is 0 Å². The summed E-state index contributed by atoms with van der Waals surface area (Å²) < 4.78 is 2.04. The highest BCUT2D eigenvalue weighted by Gasteiger charge is 2.37. The molecule has 0 spiro atoms. The van der Waals surface area contributed by atoms with E-state index in [4.69, 9.17) is 0 Å². The van der Waals surface area contributed by atoms with Crippen LogP contribution in [0.3, 0.4) is 0 Å². The van der Waals surface area contributed by atoms with Gasteiger partial charge in [0.05, 0.1) is 6.33 Å². The zero-order chi connectivity index (χ0) is 13.3. The van der Waals surface area contributed by atoms with Crippen molar-refractivity contribution in [1.29, 1.82) is 0 Å². The third-order valence-electron chi connectivity index (χ3n) is 3.56. The van der Waals surface area contributed by atoms with Gasteiger partial charge in [-0.15, -0.1) is 0 Å². The lowest BCUT2D eigenvalue weighted by Gasteiger charge is -2.30. The van der Waals surface area contributed by atoms with Crippen LogP contribution in [0, 0.1) is 5.92 Å². The fourth-order valence-corrected chi connectivity index (χ4v) is 2.62. The van der Waals surface area contributed by atoms with Crippen LogP contribution in [0.15, 0.2) is 12.5 Å². The molecule has 1 N–H and O–H groups in total. The molecule has 0 saturated carbocycles. The third-order valence-corrected chi connectivity index (χ3v) is 3.56. The highest BCUT2D eigenvalue weighted by Crippen LogP contribution is 2.34. The molecule has 0 aromatic carbocycles. The quantitative estimate of drug-likeness (QED) is 0.828. The molecule has 1 aliphatic heterocycles. The predicted octanol–water partition coefficient (Wildman–Crippen LogP) is 1.62. The zero-order valence-electron chi connectivity index (χ0n) is 11.0. The molecule has 1 aromatic heterocycles. The molecular formula is C13H19N3O2. The van der Waals surface area contributed by atoms with Crippen LogP contribution in [0.1, 0.15) is 51.3 Å². The number of carbonyl (C=O) groups is 2. The Morgan fingerprint density at radius 1 is 1.50 bits per heavy atom. The maximum atomic E-state index is 11.9. The summed E-state index contributed by atoms with van der Waals surface area (Å²) in [6, 6.07) is 0.278. The Morgan fingerprint density at radius 2 is 2.22 bits per heavy atom. The number of nitrogens with zero attached hydrogens (tertiary/aromatic N) is 2. The fourth-order valence-electron chi connectivity index (χ4n) is 2.62. The van der Waals surface area contributed by atoms with Gasteiger partial charge in [-0.3, -0.25) is 14.9 Å². The molecule has 18 heavy (non-hydrogen) atoms. The number of carbonyl (C=O) groups excluding carboxylic acids is 2. The van der Waals surface area contributed by atoms with E-state index in [-0.39, 0.29) is 29.7 Å². The molecule has 2 unspecified atom stereocenters. The van der Waals surface area contributed by atoms with E-state index in [9.17, 15) is 9.59 Å². The normalized spacial score (nSPS) is 24.4. The molecule has 5 nitrogen and oxygen atoms in total. The minimum Gasteiger partial charge on any atom is -0.332 e. The van der Waals surface area contributed by atoms with Gasteiger partial charge in [0.2, 0.25) is 11.8 Å². The second-order valence-corrected chi connectivity index (χ2v) is 5.06. The number of hydrogen-bond acceptors (Lipinski definition) is 3. The molecule has 1 aromatic rings. The third kappa shape index (κ3) is 2.17. The van der Waals surface area contributed by atoms with Crippen LogP contribution in [-0.4, -0.2) is 21.4 Å². The van der Waals surface area contributed by atoms with E-state index in [2.05, 4.69) is 24.1 Å². The minimum atomic E-state index is -0.189. The number of piperidine rings is 1. The molecule has 0 bridgehead atoms. The van der Waals surface area contributed by atoms with Gasteiger partial charge < -0.3 is 4.57 Å². The van der Waals surface area contributed by atoms with Gasteiger partial charge in [0.25, 0.3) is 0 Å². The first-order valence-corrected chi connectivity index (χ1v) is 6.40. The van der Waals surface area contributed by atoms with E-state index in [1.165, 1.54) is 0 Å². The van der Waals surface area contributed by atoms with Crippen LogP contribution in [0.5, 0.6) is 0 Å². The van der Waals surface area contributed by atoms with E-state index < -0.39 is 0 Å². The maximum Gasteiger partial charge on any atom is 0.230 e. The standard InChI is InChI=1S/C13H19N3O2/c1-4-9-10(5-12(17)15-13(9)18)11-6-14-7-16(11)8(2)3/h6-10H,4-5H2,1-3H3,(H,15,17,18). The molecule has 2 rings (SSSR count). The van der Waals surface area contributed by atoms with Crippen LogP contribution in [-0.2, 0) is 9.59 Å². The largest absolute Gasteiger partial charge is 0.332 e. The van der Waals surface area contributed by atoms with E-state index in [1.807, 2.05) is 11.5 Å². The number of aromatic nitrogens is 2. The fraction of sp³-hybridized carbons (Fsp3) is 0.615. The molecule has 2 heterocycles. The van der Waals surface area contributed by atoms with Gasteiger partial charge in [0, 0.05) is 36.2 Å². The maximum absolute atomic E-state index is 11.9. The Bertz CT molecular complexity index is 465. The van der Waals surface area contributed by atoms with Gasteiger partial charge in [0.15, 0.2) is 0 Å². The minimum absolute atomic E-state index is 0.0545. The smallest absolute Gasteiger partial charge is 0.230 e. The van der Waals surface area contributed by atoms with Crippen LogP contribution < -0.4 is 5.32 Å². The van der Waals surface area contributed by atoms with Gasteiger partial charge in [-0.1, -0.05) is 6.92 Å². The highest BCUT2D eigenvalue weighted by atomic mass is 16.2. The number of rotatable bonds is 3. The lowest BCUT2D eigenvalue weighted by molar-refractivity contribution is -0.137. The predicted molar refractivity (Wildman–Crippen MR) is 66.9 cm³/mol. The lowest BCUT2D eigenvalue weighted by Crippen LogP contribution is -2.45. The van der Waals surface area contributed by atoms with E-state index >= 15 is 0 Å². The first-order chi connectivity index (χ1) is 8.54. The van der Waals surface area contributed by atoms with Crippen LogP contribution >= 0.6 is 0 Å². The Hall–Kier alpha value is -1.65. The highest BCUT2D eigenvalue weighted by molar-refractivity contribution is 5.99. The molecule has 2 amide bonds. The van der Waals surface area contributed by atoms with Crippen molar-refractivity contribution < 1.29 is 9.59 Å². The van der Waals surface area contributed by atoms with E-state index in [1.54, 1.807) is 12.5 Å². The summed E-state index contributed by atoms with van der Waals surface area (Å²) in [6.07, 6.45) is 4.64.